The van der Waals surface area contributed by atoms with Crippen molar-refractivity contribution in [3.05, 3.63) is 101 Å². The maximum Gasteiger partial charge on any atom is 0.229 e. The monoisotopic (exact) mass is 451 g/mol. The number of phenols is 1. The molecule has 0 saturated heterocycles. The molecular weight excluding hydrogens is 426 g/mol. The van der Waals surface area contributed by atoms with E-state index in [9.17, 15) is 9.90 Å². The van der Waals surface area contributed by atoms with Crippen LogP contribution in [-0.2, 0) is 30.5 Å². The van der Waals surface area contributed by atoms with Crippen LogP contribution in [0, 0.1) is 0 Å². The zero-order valence-electron chi connectivity index (χ0n) is 18.9. The molecule has 34 heavy (non-hydrogen) atoms. The highest BCUT2D eigenvalue weighted by Crippen LogP contribution is 2.35. The summed E-state index contributed by atoms with van der Waals surface area (Å²) in [5.41, 5.74) is 6.64. The summed E-state index contributed by atoms with van der Waals surface area (Å²) in [5.74, 6) is 1.34. The number of aromatic nitrogens is 2. The van der Waals surface area contributed by atoms with Crippen LogP contribution in [0.3, 0.4) is 0 Å². The van der Waals surface area contributed by atoms with Crippen LogP contribution in [0.15, 0.2) is 72.8 Å². The summed E-state index contributed by atoms with van der Waals surface area (Å²) in [4.78, 5) is 22.8. The van der Waals surface area contributed by atoms with E-state index in [1.807, 2.05) is 42.5 Å². The number of hydrogen-bond acceptors (Lipinski definition) is 5. The summed E-state index contributed by atoms with van der Waals surface area (Å²) < 4.78 is 5.39. The molecule has 4 aromatic rings. The summed E-state index contributed by atoms with van der Waals surface area (Å²) in [5, 5.41) is 12.5. The molecule has 0 aliphatic heterocycles. The smallest absolute Gasteiger partial charge is 0.229 e. The van der Waals surface area contributed by atoms with Gasteiger partial charge < -0.3 is 15.2 Å². The van der Waals surface area contributed by atoms with Gasteiger partial charge in [-0.2, -0.15) is 0 Å². The Balaban J connectivity index is 1.50. The highest BCUT2D eigenvalue weighted by molar-refractivity contribution is 5.92. The van der Waals surface area contributed by atoms with Gasteiger partial charge in [-0.05, 0) is 59.9 Å². The van der Waals surface area contributed by atoms with Gasteiger partial charge in [0.25, 0.3) is 0 Å². The normalized spacial score (nSPS) is 11.9. The van der Waals surface area contributed by atoms with Crippen LogP contribution in [0.2, 0.25) is 0 Å². The Labute approximate surface area is 198 Å². The molecule has 0 radical (unpaired) electrons. The number of rotatable bonds is 6. The number of nitrogens with one attached hydrogen (secondary N) is 1. The summed E-state index contributed by atoms with van der Waals surface area (Å²) in [6.07, 6.45) is 2.33. The number of fused-ring (bicyclic) bond motifs is 3. The van der Waals surface area contributed by atoms with E-state index < -0.39 is 0 Å². The van der Waals surface area contributed by atoms with E-state index in [0.717, 1.165) is 52.4 Å². The molecule has 1 aromatic heterocycles. The number of aryl methyl sites for hydroxylation is 2. The number of ether oxygens (including phenoxy) is 1. The highest BCUT2D eigenvalue weighted by atomic mass is 16.5. The van der Waals surface area contributed by atoms with Crippen LogP contribution in [0.25, 0.3) is 11.3 Å². The van der Waals surface area contributed by atoms with Gasteiger partial charge in [0.1, 0.15) is 11.5 Å². The number of phenolic OH excluding ortho intramolecular Hbond substituents is 1. The van der Waals surface area contributed by atoms with E-state index in [0.29, 0.717) is 12.2 Å². The molecule has 2 N–H and O–H groups in total. The third-order valence-electron chi connectivity index (χ3n) is 6.01. The fourth-order valence-electron chi connectivity index (χ4n) is 4.27. The van der Waals surface area contributed by atoms with Gasteiger partial charge in [-0.25, -0.2) is 9.97 Å². The quantitative estimate of drug-likeness (QED) is 0.443. The standard InChI is InChI=1S/C28H25N3O3/c1-34-22-12-13-23-20(17-22)9-14-24-27(23)29-25(15-18-5-3-2-4-6-18)28(30-24)31-26(33)16-19-7-10-21(32)11-8-19/h2-8,10-13,17,32H,9,14-16H2,1H3,(H,30,31,33). The first kappa shape index (κ1) is 21.6. The van der Waals surface area contributed by atoms with E-state index in [1.165, 1.54) is 5.56 Å². The molecule has 170 valence electrons. The van der Waals surface area contributed by atoms with Crippen molar-refractivity contribution in [3.8, 4) is 22.8 Å². The van der Waals surface area contributed by atoms with E-state index in [-0.39, 0.29) is 18.1 Å². The van der Waals surface area contributed by atoms with Crippen LogP contribution >= 0.6 is 0 Å². The lowest BCUT2D eigenvalue weighted by atomic mass is 9.91. The fraction of sp³-hybridized carbons (Fsp3) is 0.179. The van der Waals surface area contributed by atoms with Crippen molar-refractivity contribution in [2.24, 2.45) is 0 Å². The average Bonchev–Trinajstić information content (AvgIpc) is 2.86. The van der Waals surface area contributed by atoms with Gasteiger partial charge in [0, 0.05) is 12.0 Å². The molecular formula is C28H25N3O3. The number of carbonyl (C=O) groups is 1. The molecule has 1 aliphatic rings. The first-order chi connectivity index (χ1) is 16.6. The number of hydrogen-bond donors (Lipinski definition) is 2. The van der Waals surface area contributed by atoms with Crippen molar-refractivity contribution in [2.45, 2.75) is 25.7 Å². The van der Waals surface area contributed by atoms with Gasteiger partial charge in [0.15, 0.2) is 5.82 Å². The van der Waals surface area contributed by atoms with Crippen molar-refractivity contribution in [1.82, 2.24) is 9.97 Å². The molecule has 6 nitrogen and oxygen atoms in total. The van der Waals surface area contributed by atoms with E-state index in [4.69, 9.17) is 14.7 Å². The molecule has 0 bridgehead atoms. The molecule has 1 heterocycles. The lowest BCUT2D eigenvalue weighted by molar-refractivity contribution is -0.115. The zero-order chi connectivity index (χ0) is 23.5. The third kappa shape index (κ3) is 4.62. The van der Waals surface area contributed by atoms with Crippen molar-refractivity contribution in [2.75, 3.05) is 12.4 Å². The van der Waals surface area contributed by atoms with Crippen molar-refractivity contribution >= 4 is 11.7 Å². The predicted octanol–water partition coefficient (Wildman–Crippen LogP) is 4.73. The summed E-state index contributed by atoms with van der Waals surface area (Å²) in [6, 6.07) is 22.7. The van der Waals surface area contributed by atoms with E-state index in [2.05, 4.69) is 11.4 Å². The lowest BCUT2D eigenvalue weighted by Gasteiger charge is -2.21. The molecule has 0 saturated carbocycles. The summed E-state index contributed by atoms with van der Waals surface area (Å²) in [7, 11) is 1.67. The van der Waals surface area contributed by atoms with Crippen LogP contribution in [0.1, 0.15) is 28.1 Å². The Morgan fingerprint density at radius 3 is 2.53 bits per heavy atom. The third-order valence-corrected chi connectivity index (χ3v) is 6.01. The van der Waals surface area contributed by atoms with Gasteiger partial charge >= 0.3 is 0 Å². The molecule has 0 fully saturated rings. The second kappa shape index (κ2) is 9.35. The molecule has 3 aromatic carbocycles. The van der Waals surface area contributed by atoms with Gasteiger partial charge in [0.05, 0.1) is 30.6 Å². The second-order valence-electron chi connectivity index (χ2n) is 8.39. The lowest BCUT2D eigenvalue weighted by Crippen LogP contribution is -2.20. The van der Waals surface area contributed by atoms with Gasteiger partial charge in [-0.1, -0.05) is 42.5 Å². The van der Waals surface area contributed by atoms with Gasteiger partial charge in [0.2, 0.25) is 5.91 Å². The first-order valence-corrected chi connectivity index (χ1v) is 11.3. The first-order valence-electron chi connectivity index (χ1n) is 11.3. The number of anilines is 1. The Kier molecular flexibility index (Phi) is 5.95. The fourth-order valence-corrected chi connectivity index (χ4v) is 4.27. The van der Waals surface area contributed by atoms with Crippen LogP contribution < -0.4 is 10.1 Å². The maximum absolute atomic E-state index is 12.9. The number of amides is 1. The van der Waals surface area contributed by atoms with Crippen molar-refractivity contribution in [3.63, 3.8) is 0 Å². The molecule has 5 rings (SSSR count). The van der Waals surface area contributed by atoms with E-state index in [1.54, 1.807) is 31.4 Å². The minimum atomic E-state index is -0.171. The van der Waals surface area contributed by atoms with Crippen molar-refractivity contribution in [1.29, 1.82) is 0 Å². The van der Waals surface area contributed by atoms with Crippen molar-refractivity contribution < 1.29 is 14.6 Å². The summed E-state index contributed by atoms with van der Waals surface area (Å²) >= 11 is 0. The molecule has 0 atom stereocenters. The zero-order valence-corrected chi connectivity index (χ0v) is 18.9. The number of methoxy groups -OCH3 is 1. The predicted molar refractivity (Wildman–Crippen MR) is 131 cm³/mol. The Hall–Kier alpha value is -4.19. The van der Waals surface area contributed by atoms with Crippen LogP contribution in [0.4, 0.5) is 5.82 Å². The Bertz CT molecular complexity index is 1340. The molecule has 0 unspecified atom stereocenters. The summed E-state index contributed by atoms with van der Waals surface area (Å²) in [6.45, 7) is 0. The minimum Gasteiger partial charge on any atom is -0.508 e. The Morgan fingerprint density at radius 1 is 0.971 bits per heavy atom. The number of carbonyl (C=O) groups excluding carboxylic acids is 1. The van der Waals surface area contributed by atoms with Gasteiger partial charge in [-0.15, -0.1) is 0 Å². The molecule has 1 aliphatic carbocycles. The van der Waals surface area contributed by atoms with Crippen LogP contribution in [-0.4, -0.2) is 28.1 Å². The van der Waals surface area contributed by atoms with Gasteiger partial charge in [-0.3, -0.25) is 4.79 Å². The highest BCUT2D eigenvalue weighted by Gasteiger charge is 2.23. The average molecular weight is 452 g/mol. The number of nitrogens with zero attached hydrogens (tertiary/aromatic N) is 2. The Morgan fingerprint density at radius 2 is 1.76 bits per heavy atom. The topological polar surface area (TPSA) is 84.3 Å². The maximum atomic E-state index is 12.9. The molecule has 1 amide bonds. The minimum absolute atomic E-state index is 0.171. The SMILES string of the molecule is COc1ccc2c(c1)CCc1nc(NC(=O)Cc3ccc(O)cc3)c(Cc3ccccc3)nc1-2. The number of benzene rings is 3. The second-order valence-corrected chi connectivity index (χ2v) is 8.39. The molecule has 6 heteroatoms. The number of aromatic hydroxyl groups is 1. The largest absolute Gasteiger partial charge is 0.508 e. The van der Waals surface area contributed by atoms with Crippen LogP contribution in [0.5, 0.6) is 11.5 Å². The van der Waals surface area contributed by atoms with E-state index >= 15 is 0 Å². The molecule has 0 spiro atoms.